The zero-order chi connectivity index (χ0) is 13.8. The first-order valence-corrected chi connectivity index (χ1v) is 6.46. The Morgan fingerprint density at radius 2 is 2.00 bits per heavy atom. The highest BCUT2D eigenvalue weighted by atomic mass is 16.6. The average molecular weight is 253 g/mol. The van der Waals surface area contributed by atoms with Crippen molar-refractivity contribution in [3.05, 3.63) is 0 Å². The summed E-state index contributed by atoms with van der Waals surface area (Å²) in [6, 6.07) is 0. The van der Waals surface area contributed by atoms with E-state index in [-0.39, 0.29) is 12.0 Å². The molecule has 1 atom stereocenters. The second kappa shape index (κ2) is 6.21. The summed E-state index contributed by atoms with van der Waals surface area (Å²) in [5.74, 6) is 4.28. The van der Waals surface area contributed by atoms with E-state index in [1.165, 1.54) is 0 Å². The first-order chi connectivity index (χ1) is 8.40. The third-order valence-corrected chi connectivity index (χ3v) is 3.40. The summed E-state index contributed by atoms with van der Waals surface area (Å²) in [4.78, 5) is 14.3. The van der Waals surface area contributed by atoms with E-state index in [9.17, 15) is 9.90 Å². The third kappa shape index (κ3) is 3.47. The van der Waals surface area contributed by atoms with Gasteiger partial charge in [-0.3, -0.25) is 0 Å². The lowest BCUT2D eigenvalue weighted by Gasteiger charge is -2.31. The fourth-order valence-electron chi connectivity index (χ4n) is 1.97. The molecule has 4 heteroatoms. The number of hydrogen-bond donors (Lipinski definition) is 1. The van der Waals surface area contributed by atoms with Crippen LogP contribution in [0.25, 0.3) is 0 Å². The molecule has 0 bridgehead atoms. The van der Waals surface area contributed by atoms with Gasteiger partial charge in [-0.2, -0.15) is 0 Å². The Balaban J connectivity index is 2.65. The molecule has 0 aromatic rings. The minimum Gasteiger partial charge on any atom is -0.459 e. The van der Waals surface area contributed by atoms with Crippen molar-refractivity contribution in [2.45, 2.75) is 45.3 Å². The fraction of sp³-hybridized carbons (Fsp3) is 0.786. The van der Waals surface area contributed by atoms with Gasteiger partial charge < -0.3 is 14.7 Å². The highest BCUT2D eigenvalue weighted by Crippen LogP contribution is 2.21. The first-order valence-electron chi connectivity index (χ1n) is 6.46. The Morgan fingerprint density at radius 3 is 2.44 bits per heavy atom. The molecule has 1 fully saturated rings. The smallest absolute Gasteiger partial charge is 0.351 e. The van der Waals surface area contributed by atoms with Crippen LogP contribution in [0.3, 0.4) is 0 Å². The maximum atomic E-state index is 12.1. The van der Waals surface area contributed by atoms with Crippen molar-refractivity contribution in [3.8, 4) is 11.8 Å². The van der Waals surface area contributed by atoms with Gasteiger partial charge in [-0.05, 0) is 26.8 Å². The number of likely N-dealkylation sites (tertiary alicyclic amines) is 1. The Labute approximate surface area is 109 Å². The number of aliphatic hydroxyl groups is 1. The van der Waals surface area contributed by atoms with Gasteiger partial charge in [0.25, 0.3) is 0 Å². The molecule has 1 rings (SSSR count). The second-order valence-corrected chi connectivity index (χ2v) is 5.20. The molecule has 0 spiro atoms. The van der Waals surface area contributed by atoms with E-state index in [0.29, 0.717) is 0 Å². The van der Waals surface area contributed by atoms with E-state index in [2.05, 4.69) is 16.7 Å². The number of carbonyl (C=O) groups is 1. The average Bonchev–Trinajstić information content (AvgIpc) is 2.32. The molecule has 0 radical (unpaired) electrons. The van der Waals surface area contributed by atoms with Crippen molar-refractivity contribution in [2.75, 3.05) is 20.1 Å². The summed E-state index contributed by atoms with van der Waals surface area (Å²) < 4.78 is 5.40. The van der Waals surface area contributed by atoms with Crippen LogP contribution in [-0.4, -0.2) is 47.8 Å². The predicted molar refractivity (Wildman–Crippen MR) is 69.8 cm³/mol. The second-order valence-electron chi connectivity index (χ2n) is 5.20. The molecule has 0 aromatic carbocycles. The van der Waals surface area contributed by atoms with Crippen LogP contribution in [0.5, 0.6) is 0 Å². The van der Waals surface area contributed by atoms with Gasteiger partial charge in [0, 0.05) is 19.0 Å². The van der Waals surface area contributed by atoms with Gasteiger partial charge in [0.05, 0.1) is 0 Å². The van der Waals surface area contributed by atoms with E-state index < -0.39 is 11.6 Å². The van der Waals surface area contributed by atoms with Crippen molar-refractivity contribution in [1.29, 1.82) is 0 Å². The van der Waals surface area contributed by atoms with Crippen LogP contribution in [0.2, 0.25) is 0 Å². The van der Waals surface area contributed by atoms with Gasteiger partial charge >= 0.3 is 5.97 Å². The zero-order valence-corrected chi connectivity index (χ0v) is 11.7. The molecule has 1 N–H and O–H groups in total. The summed E-state index contributed by atoms with van der Waals surface area (Å²) in [5, 5.41) is 10.3. The molecular formula is C14H23NO3. The van der Waals surface area contributed by atoms with Crippen LogP contribution in [0, 0.1) is 17.8 Å². The van der Waals surface area contributed by atoms with Crippen LogP contribution in [0.4, 0.5) is 0 Å². The summed E-state index contributed by atoms with van der Waals surface area (Å²) in [6.45, 7) is 6.96. The number of piperidine rings is 1. The van der Waals surface area contributed by atoms with Crippen molar-refractivity contribution in [3.63, 3.8) is 0 Å². The van der Waals surface area contributed by atoms with Gasteiger partial charge in [0.15, 0.2) is 0 Å². The maximum Gasteiger partial charge on any atom is 0.351 e. The molecule has 0 aliphatic carbocycles. The first kappa shape index (κ1) is 15.0. The topological polar surface area (TPSA) is 49.8 Å². The monoisotopic (exact) mass is 253 g/mol. The largest absolute Gasteiger partial charge is 0.459 e. The molecule has 1 aliphatic heterocycles. The van der Waals surface area contributed by atoms with Crippen LogP contribution in [-0.2, 0) is 9.53 Å². The Bertz CT molecular complexity index is 348. The van der Waals surface area contributed by atoms with Gasteiger partial charge in [-0.25, -0.2) is 4.79 Å². The Morgan fingerprint density at radius 1 is 1.44 bits per heavy atom. The third-order valence-electron chi connectivity index (χ3n) is 3.40. The number of esters is 1. The van der Waals surface area contributed by atoms with Gasteiger partial charge in [0.1, 0.15) is 6.10 Å². The van der Waals surface area contributed by atoms with E-state index in [1.807, 2.05) is 7.05 Å². The van der Waals surface area contributed by atoms with Crippen molar-refractivity contribution < 1.29 is 14.6 Å². The van der Waals surface area contributed by atoms with Gasteiger partial charge in [-0.15, -0.1) is 5.92 Å². The SMILES string of the molecule is CC#C[C@](O)(C(=O)OC1CCN(C)CC1)C(C)C. The van der Waals surface area contributed by atoms with E-state index in [1.54, 1.807) is 20.8 Å². The summed E-state index contributed by atoms with van der Waals surface area (Å²) in [6.07, 6.45) is 1.53. The summed E-state index contributed by atoms with van der Waals surface area (Å²) in [7, 11) is 2.05. The Hall–Kier alpha value is -1.05. The fourth-order valence-corrected chi connectivity index (χ4v) is 1.97. The minimum atomic E-state index is -1.68. The number of rotatable bonds is 3. The molecule has 18 heavy (non-hydrogen) atoms. The molecular weight excluding hydrogens is 230 g/mol. The number of nitrogens with zero attached hydrogens (tertiary/aromatic N) is 1. The highest BCUT2D eigenvalue weighted by molar-refractivity contribution is 5.83. The molecule has 102 valence electrons. The lowest BCUT2D eigenvalue weighted by molar-refractivity contribution is -0.170. The molecule has 0 unspecified atom stereocenters. The van der Waals surface area contributed by atoms with Crippen molar-refractivity contribution in [1.82, 2.24) is 4.90 Å². The van der Waals surface area contributed by atoms with Gasteiger partial charge in [0.2, 0.25) is 5.60 Å². The lowest BCUT2D eigenvalue weighted by Crippen LogP contribution is -2.46. The molecule has 1 aliphatic rings. The summed E-state index contributed by atoms with van der Waals surface area (Å²) in [5.41, 5.74) is -1.68. The number of hydrogen-bond acceptors (Lipinski definition) is 4. The minimum absolute atomic E-state index is 0.0994. The Kier molecular flexibility index (Phi) is 5.18. The zero-order valence-electron chi connectivity index (χ0n) is 11.7. The van der Waals surface area contributed by atoms with Crippen molar-refractivity contribution >= 4 is 5.97 Å². The van der Waals surface area contributed by atoms with Crippen LogP contribution in [0.15, 0.2) is 0 Å². The quantitative estimate of drug-likeness (QED) is 0.603. The van der Waals surface area contributed by atoms with Crippen molar-refractivity contribution in [2.24, 2.45) is 5.92 Å². The number of ether oxygens (including phenoxy) is 1. The highest BCUT2D eigenvalue weighted by Gasteiger charge is 2.40. The molecule has 0 saturated carbocycles. The lowest BCUT2D eigenvalue weighted by atomic mass is 9.91. The van der Waals surface area contributed by atoms with Crippen LogP contribution in [0.1, 0.15) is 33.6 Å². The van der Waals surface area contributed by atoms with E-state index in [4.69, 9.17) is 4.74 Å². The normalized spacial score (nSPS) is 21.0. The van der Waals surface area contributed by atoms with E-state index >= 15 is 0 Å². The van der Waals surface area contributed by atoms with Gasteiger partial charge in [-0.1, -0.05) is 19.8 Å². The van der Waals surface area contributed by atoms with Crippen LogP contribution >= 0.6 is 0 Å². The molecule has 4 nitrogen and oxygen atoms in total. The number of carbonyl (C=O) groups excluding carboxylic acids is 1. The maximum absolute atomic E-state index is 12.1. The van der Waals surface area contributed by atoms with E-state index in [0.717, 1.165) is 25.9 Å². The van der Waals surface area contributed by atoms with Crippen LogP contribution < -0.4 is 0 Å². The standard InChI is InChI=1S/C14H23NO3/c1-5-8-14(17,11(2)3)13(16)18-12-6-9-15(4)10-7-12/h11-12,17H,6-7,9-10H2,1-4H3/t14-/m1/s1. The molecule has 0 amide bonds. The predicted octanol–water partition coefficient (Wildman–Crippen LogP) is 1.03. The summed E-state index contributed by atoms with van der Waals surface area (Å²) >= 11 is 0. The molecule has 1 saturated heterocycles. The molecule has 1 heterocycles. The molecule has 0 aromatic heterocycles.